The first-order chi connectivity index (χ1) is 8.48. The second-order valence-corrected chi connectivity index (χ2v) is 6.62. The highest BCUT2D eigenvalue weighted by atomic mass is 16.8. The van der Waals surface area contributed by atoms with Gasteiger partial charge in [-0.2, -0.15) is 0 Å². The SMILES string of the molecule is C[C@@H]1[C@H]2OC(C)(C)O[C@H]2[C@H](C)[C@@H]2C=CC=C[C@H]1C2. The molecule has 2 bridgehead atoms. The van der Waals surface area contributed by atoms with Gasteiger partial charge in [-0.25, -0.2) is 0 Å². The van der Waals surface area contributed by atoms with Crippen LogP contribution in [0.2, 0.25) is 0 Å². The van der Waals surface area contributed by atoms with Crippen LogP contribution in [-0.2, 0) is 9.47 Å². The molecular weight excluding hydrogens is 224 g/mol. The highest BCUT2D eigenvalue weighted by Gasteiger charge is 2.51. The molecule has 0 spiro atoms. The van der Waals surface area contributed by atoms with Crippen LogP contribution in [0.15, 0.2) is 24.3 Å². The zero-order chi connectivity index (χ0) is 12.9. The van der Waals surface area contributed by atoms with Gasteiger partial charge in [0.1, 0.15) is 0 Å². The van der Waals surface area contributed by atoms with E-state index in [1.54, 1.807) is 0 Å². The lowest BCUT2D eigenvalue weighted by molar-refractivity contribution is -0.157. The van der Waals surface area contributed by atoms with Crippen molar-refractivity contribution < 1.29 is 9.47 Å². The van der Waals surface area contributed by atoms with Gasteiger partial charge in [-0.05, 0) is 43.9 Å². The molecule has 1 aliphatic heterocycles. The number of ether oxygens (including phenoxy) is 2. The molecule has 2 fully saturated rings. The van der Waals surface area contributed by atoms with Crippen LogP contribution in [0, 0.1) is 23.7 Å². The minimum atomic E-state index is -0.425. The summed E-state index contributed by atoms with van der Waals surface area (Å²) in [6.07, 6.45) is 10.8. The van der Waals surface area contributed by atoms with Crippen molar-refractivity contribution >= 4 is 0 Å². The molecule has 6 atom stereocenters. The lowest BCUT2D eigenvalue weighted by Gasteiger charge is -2.26. The average molecular weight is 248 g/mol. The van der Waals surface area contributed by atoms with Crippen molar-refractivity contribution in [2.45, 2.75) is 52.1 Å². The largest absolute Gasteiger partial charge is 0.344 e. The number of hydrogen-bond acceptors (Lipinski definition) is 2. The first kappa shape index (κ1) is 12.4. The van der Waals surface area contributed by atoms with E-state index in [-0.39, 0.29) is 12.2 Å². The van der Waals surface area contributed by atoms with Gasteiger partial charge in [-0.3, -0.25) is 0 Å². The topological polar surface area (TPSA) is 18.5 Å². The van der Waals surface area contributed by atoms with Crippen molar-refractivity contribution in [3.05, 3.63) is 24.3 Å². The molecule has 1 heterocycles. The van der Waals surface area contributed by atoms with Gasteiger partial charge in [-0.15, -0.1) is 0 Å². The molecule has 0 aromatic rings. The molecule has 18 heavy (non-hydrogen) atoms. The van der Waals surface area contributed by atoms with Gasteiger partial charge in [0.2, 0.25) is 0 Å². The van der Waals surface area contributed by atoms with Crippen LogP contribution in [0.5, 0.6) is 0 Å². The fourth-order valence-corrected chi connectivity index (χ4v) is 3.78. The summed E-state index contributed by atoms with van der Waals surface area (Å²) in [7, 11) is 0. The second kappa shape index (κ2) is 4.21. The number of allylic oxidation sites excluding steroid dienone is 4. The quantitative estimate of drug-likeness (QED) is 0.653. The summed E-state index contributed by atoms with van der Waals surface area (Å²) in [5, 5.41) is 0. The maximum atomic E-state index is 6.18. The summed E-state index contributed by atoms with van der Waals surface area (Å²) in [6.45, 7) is 8.71. The van der Waals surface area contributed by atoms with Crippen molar-refractivity contribution in [2.24, 2.45) is 23.7 Å². The fraction of sp³-hybridized carbons (Fsp3) is 0.750. The second-order valence-electron chi connectivity index (χ2n) is 6.62. The monoisotopic (exact) mass is 248 g/mol. The van der Waals surface area contributed by atoms with E-state index in [2.05, 4.69) is 38.2 Å². The molecule has 2 aliphatic carbocycles. The summed E-state index contributed by atoms with van der Waals surface area (Å²) in [5.41, 5.74) is 0. The summed E-state index contributed by atoms with van der Waals surface area (Å²) >= 11 is 0. The molecule has 2 heteroatoms. The predicted octanol–water partition coefficient (Wildman–Crippen LogP) is 3.54. The first-order valence-corrected chi connectivity index (χ1v) is 7.18. The Morgan fingerprint density at radius 1 is 0.889 bits per heavy atom. The van der Waals surface area contributed by atoms with Crippen LogP contribution in [0.25, 0.3) is 0 Å². The zero-order valence-electron chi connectivity index (χ0n) is 11.8. The van der Waals surface area contributed by atoms with Crippen LogP contribution in [0.4, 0.5) is 0 Å². The molecule has 0 radical (unpaired) electrons. The first-order valence-electron chi connectivity index (χ1n) is 7.18. The van der Waals surface area contributed by atoms with Crippen LogP contribution in [0.1, 0.15) is 34.1 Å². The van der Waals surface area contributed by atoms with Gasteiger partial charge >= 0.3 is 0 Å². The van der Waals surface area contributed by atoms with Gasteiger partial charge in [0.15, 0.2) is 5.79 Å². The van der Waals surface area contributed by atoms with Crippen molar-refractivity contribution in [3.63, 3.8) is 0 Å². The van der Waals surface area contributed by atoms with Crippen molar-refractivity contribution in [3.8, 4) is 0 Å². The number of hydrogen-bond donors (Lipinski definition) is 0. The minimum Gasteiger partial charge on any atom is -0.344 e. The Labute approximate surface area is 110 Å². The predicted molar refractivity (Wildman–Crippen MR) is 72.0 cm³/mol. The Balaban J connectivity index is 1.96. The van der Waals surface area contributed by atoms with E-state index in [1.165, 1.54) is 6.42 Å². The smallest absolute Gasteiger partial charge is 0.163 e. The lowest BCUT2D eigenvalue weighted by Crippen LogP contribution is -2.35. The molecule has 0 aromatic heterocycles. The lowest BCUT2D eigenvalue weighted by atomic mass is 9.85. The Morgan fingerprint density at radius 3 is 1.78 bits per heavy atom. The summed E-state index contributed by atoms with van der Waals surface area (Å²) in [5.74, 6) is 1.85. The molecule has 3 aliphatic rings. The molecule has 0 aromatic carbocycles. The molecule has 3 rings (SSSR count). The molecule has 1 saturated heterocycles. The molecule has 1 saturated carbocycles. The molecule has 0 amide bonds. The summed E-state index contributed by atoms with van der Waals surface area (Å²) in [4.78, 5) is 0. The van der Waals surface area contributed by atoms with E-state index >= 15 is 0 Å². The van der Waals surface area contributed by atoms with Crippen molar-refractivity contribution in [2.75, 3.05) is 0 Å². The van der Waals surface area contributed by atoms with E-state index in [0.29, 0.717) is 23.7 Å². The Morgan fingerprint density at radius 2 is 1.33 bits per heavy atom. The normalized spacial score (nSPS) is 49.6. The van der Waals surface area contributed by atoms with E-state index in [0.717, 1.165) is 0 Å². The van der Waals surface area contributed by atoms with E-state index < -0.39 is 5.79 Å². The number of fused-ring (bicyclic) bond motifs is 3. The van der Waals surface area contributed by atoms with Crippen LogP contribution in [-0.4, -0.2) is 18.0 Å². The third kappa shape index (κ3) is 1.96. The van der Waals surface area contributed by atoms with Crippen LogP contribution >= 0.6 is 0 Å². The van der Waals surface area contributed by atoms with Gasteiger partial charge in [-0.1, -0.05) is 38.2 Å². The summed E-state index contributed by atoms with van der Waals surface area (Å²) in [6, 6.07) is 0. The zero-order valence-corrected chi connectivity index (χ0v) is 11.8. The van der Waals surface area contributed by atoms with E-state index in [9.17, 15) is 0 Å². The maximum Gasteiger partial charge on any atom is 0.163 e. The fourth-order valence-electron chi connectivity index (χ4n) is 3.78. The highest BCUT2D eigenvalue weighted by molar-refractivity contribution is 5.15. The van der Waals surface area contributed by atoms with Gasteiger partial charge in [0, 0.05) is 0 Å². The molecular formula is C16H24O2. The van der Waals surface area contributed by atoms with E-state index in [4.69, 9.17) is 9.47 Å². The molecule has 100 valence electrons. The Hall–Kier alpha value is -0.600. The third-order valence-electron chi connectivity index (χ3n) is 4.92. The standard InChI is InChI=1S/C16H24O2/c1-10-12-7-5-6-8-13(9-12)11(2)15-14(10)17-16(3,4)18-15/h5-8,10-15H,9H2,1-4H3/t10-,11+,12-,13+,14+,15-. The molecule has 0 unspecified atom stereocenters. The highest BCUT2D eigenvalue weighted by Crippen LogP contribution is 2.46. The van der Waals surface area contributed by atoms with Gasteiger partial charge < -0.3 is 9.47 Å². The molecule has 2 nitrogen and oxygen atoms in total. The Bertz CT molecular complexity index is 349. The van der Waals surface area contributed by atoms with Gasteiger partial charge in [0.05, 0.1) is 12.2 Å². The van der Waals surface area contributed by atoms with E-state index in [1.807, 2.05) is 13.8 Å². The van der Waals surface area contributed by atoms with Gasteiger partial charge in [0.25, 0.3) is 0 Å². The number of rotatable bonds is 0. The minimum absolute atomic E-state index is 0.237. The Kier molecular flexibility index (Phi) is 2.91. The average Bonchev–Trinajstić information content (AvgIpc) is 2.49. The maximum absolute atomic E-state index is 6.18. The van der Waals surface area contributed by atoms with Crippen molar-refractivity contribution in [1.29, 1.82) is 0 Å². The molecule has 0 N–H and O–H groups in total. The van der Waals surface area contributed by atoms with Crippen LogP contribution < -0.4 is 0 Å². The summed E-state index contributed by atoms with van der Waals surface area (Å²) < 4.78 is 12.4. The third-order valence-corrected chi connectivity index (χ3v) is 4.92. The van der Waals surface area contributed by atoms with Crippen LogP contribution in [0.3, 0.4) is 0 Å². The van der Waals surface area contributed by atoms with Crippen molar-refractivity contribution in [1.82, 2.24) is 0 Å².